The van der Waals surface area contributed by atoms with Gasteiger partial charge in [-0.2, -0.15) is 0 Å². The molecular weight excluding hydrogens is 298 g/mol. The monoisotopic (exact) mass is 323 g/mol. The summed E-state index contributed by atoms with van der Waals surface area (Å²) in [5, 5.41) is 3.57. The molecule has 2 heteroatoms. The Hall–Kier alpha value is -0.340. The van der Waals surface area contributed by atoms with Crippen molar-refractivity contribution >= 4 is 15.9 Å². The highest BCUT2D eigenvalue weighted by molar-refractivity contribution is 9.10. The van der Waals surface area contributed by atoms with E-state index in [9.17, 15) is 0 Å². The molecule has 1 saturated carbocycles. The van der Waals surface area contributed by atoms with Gasteiger partial charge in [0, 0.05) is 4.47 Å². The normalized spacial score (nSPS) is 18.4. The molecule has 1 N–H and O–H groups in total. The summed E-state index contributed by atoms with van der Waals surface area (Å²) in [6.45, 7) is 4.46. The van der Waals surface area contributed by atoms with Gasteiger partial charge in [-0.15, -0.1) is 0 Å². The number of hydrogen-bond donors (Lipinski definition) is 1. The summed E-state index contributed by atoms with van der Waals surface area (Å²) >= 11 is 3.70. The summed E-state index contributed by atoms with van der Waals surface area (Å²) in [6, 6.07) is 8.70. The lowest BCUT2D eigenvalue weighted by Crippen LogP contribution is -2.31. The van der Waals surface area contributed by atoms with Crippen molar-refractivity contribution in [1.82, 2.24) is 5.32 Å². The van der Waals surface area contributed by atoms with Gasteiger partial charge in [-0.3, -0.25) is 0 Å². The lowest BCUT2D eigenvalue weighted by atomic mass is 9.77. The Balaban J connectivity index is 2.02. The second kappa shape index (κ2) is 8.06. The molecule has 0 radical (unpaired) electrons. The van der Waals surface area contributed by atoms with E-state index in [0.29, 0.717) is 0 Å². The quantitative estimate of drug-likeness (QED) is 0.793. The van der Waals surface area contributed by atoms with Crippen molar-refractivity contribution in [2.24, 2.45) is 11.8 Å². The molecule has 0 amide bonds. The first-order valence-corrected chi connectivity index (χ1v) is 8.54. The molecule has 0 bridgehead atoms. The van der Waals surface area contributed by atoms with Crippen LogP contribution in [0.3, 0.4) is 0 Å². The van der Waals surface area contributed by atoms with E-state index in [-0.39, 0.29) is 0 Å². The van der Waals surface area contributed by atoms with Crippen LogP contribution in [-0.4, -0.2) is 13.1 Å². The summed E-state index contributed by atoms with van der Waals surface area (Å²) in [6.07, 6.45) is 8.38. The molecule has 1 fully saturated rings. The molecule has 1 aromatic carbocycles. The van der Waals surface area contributed by atoms with Gasteiger partial charge in [0.25, 0.3) is 0 Å². The molecule has 1 unspecified atom stereocenters. The third-order valence-electron chi connectivity index (χ3n) is 4.41. The van der Waals surface area contributed by atoms with Crippen LogP contribution in [0.15, 0.2) is 28.7 Å². The first-order chi connectivity index (χ1) is 9.31. The molecule has 1 aliphatic carbocycles. The Morgan fingerprint density at radius 2 is 1.95 bits per heavy atom. The van der Waals surface area contributed by atoms with Crippen LogP contribution in [0.2, 0.25) is 0 Å². The second-order valence-electron chi connectivity index (χ2n) is 5.76. The fraction of sp³-hybridized carbons (Fsp3) is 0.647. The third kappa shape index (κ3) is 4.61. The third-order valence-corrected chi connectivity index (χ3v) is 5.19. The SMILES string of the molecule is CCNCC(Cc1ccccc1Br)C1CCCCC1. The topological polar surface area (TPSA) is 12.0 Å². The first-order valence-electron chi connectivity index (χ1n) is 7.75. The van der Waals surface area contributed by atoms with Gasteiger partial charge in [-0.25, -0.2) is 0 Å². The summed E-state index contributed by atoms with van der Waals surface area (Å²) in [7, 11) is 0. The van der Waals surface area contributed by atoms with E-state index in [1.54, 1.807) is 0 Å². The van der Waals surface area contributed by atoms with E-state index in [2.05, 4.69) is 52.4 Å². The summed E-state index contributed by atoms with van der Waals surface area (Å²) in [5.41, 5.74) is 1.47. The largest absolute Gasteiger partial charge is 0.317 e. The minimum absolute atomic E-state index is 0.791. The molecule has 0 saturated heterocycles. The van der Waals surface area contributed by atoms with E-state index in [1.807, 2.05) is 0 Å². The number of halogens is 1. The first kappa shape index (κ1) is 15.1. The smallest absolute Gasteiger partial charge is 0.0207 e. The maximum absolute atomic E-state index is 3.70. The molecule has 0 spiro atoms. The molecule has 1 atom stereocenters. The van der Waals surface area contributed by atoms with Gasteiger partial charge < -0.3 is 5.32 Å². The number of hydrogen-bond acceptors (Lipinski definition) is 1. The predicted molar refractivity (Wildman–Crippen MR) is 86.5 cm³/mol. The summed E-state index contributed by atoms with van der Waals surface area (Å²) in [5.74, 6) is 1.71. The zero-order valence-corrected chi connectivity index (χ0v) is 13.6. The summed E-state index contributed by atoms with van der Waals surface area (Å²) < 4.78 is 1.27. The molecule has 19 heavy (non-hydrogen) atoms. The van der Waals surface area contributed by atoms with Crippen molar-refractivity contribution in [2.45, 2.75) is 45.4 Å². The molecule has 1 nitrogen and oxygen atoms in total. The molecule has 106 valence electrons. The van der Waals surface area contributed by atoms with Gasteiger partial charge in [0.05, 0.1) is 0 Å². The van der Waals surface area contributed by atoms with Crippen LogP contribution >= 0.6 is 15.9 Å². The number of rotatable bonds is 6. The van der Waals surface area contributed by atoms with Crippen LogP contribution in [0.5, 0.6) is 0 Å². The standard InChI is InChI=1S/C17H26BrN/c1-2-19-13-16(14-8-4-3-5-9-14)12-15-10-6-7-11-17(15)18/h6-7,10-11,14,16,19H,2-5,8-9,12-13H2,1H3. The van der Waals surface area contributed by atoms with E-state index >= 15 is 0 Å². The lowest BCUT2D eigenvalue weighted by Gasteiger charge is -2.31. The Labute approximate surface area is 126 Å². The Morgan fingerprint density at radius 3 is 2.63 bits per heavy atom. The van der Waals surface area contributed by atoms with E-state index < -0.39 is 0 Å². The van der Waals surface area contributed by atoms with Crippen molar-refractivity contribution in [1.29, 1.82) is 0 Å². The molecule has 1 aromatic rings. The zero-order chi connectivity index (χ0) is 13.5. The predicted octanol–water partition coefficient (Wildman–Crippen LogP) is 4.80. The van der Waals surface area contributed by atoms with Crippen LogP contribution in [0.4, 0.5) is 0 Å². The zero-order valence-electron chi connectivity index (χ0n) is 12.0. The van der Waals surface area contributed by atoms with E-state index in [1.165, 1.54) is 55.1 Å². The Morgan fingerprint density at radius 1 is 1.21 bits per heavy atom. The maximum atomic E-state index is 3.70. The van der Waals surface area contributed by atoms with E-state index in [0.717, 1.165) is 18.4 Å². The van der Waals surface area contributed by atoms with Gasteiger partial charge in [0.1, 0.15) is 0 Å². The molecule has 0 aromatic heterocycles. The molecule has 0 aliphatic heterocycles. The Kier molecular flexibility index (Phi) is 6.39. The van der Waals surface area contributed by atoms with Gasteiger partial charge in [-0.1, -0.05) is 73.2 Å². The maximum Gasteiger partial charge on any atom is 0.0207 e. The highest BCUT2D eigenvalue weighted by atomic mass is 79.9. The van der Waals surface area contributed by atoms with Gasteiger partial charge >= 0.3 is 0 Å². The van der Waals surface area contributed by atoms with Crippen LogP contribution in [0.25, 0.3) is 0 Å². The molecule has 1 aliphatic rings. The lowest BCUT2D eigenvalue weighted by molar-refractivity contribution is 0.240. The van der Waals surface area contributed by atoms with Gasteiger partial charge in [-0.05, 0) is 43.0 Å². The average Bonchev–Trinajstić information content (AvgIpc) is 2.46. The highest BCUT2D eigenvalue weighted by Crippen LogP contribution is 2.33. The van der Waals surface area contributed by atoms with Crippen LogP contribution < -0.4 is 5.32 Å². The van der Waals surface area contributed by atoms with E-state index in [4.69, 9.17) is 0 Å². The fourth-order valence-corrected chi connectivity index (χ4v) is 3.73. The van der Waals surface area contributed by atoms with Crippen molar-refractivity contribution in [2.75, 3.05) is 13.1 Å². The fourth-order valence-electron chi connectivity index (χ4n) is 3.29. The second-order valence-corrected chi connectivity index (χ2v) is 6.62. The Bertz CT molecular complexity index is 371. The van der Waals surface area contributed by atoms with Crippen molar-refractivity contribution in [3.8, 4) is 0 Å². The molecule has 2 rings (SSSR count). The minimum Gasteiger partial charge on any atom is -0.317 e. The molecule has 0 heterocycles. The molecular formula is C17H26BrN. The van der Waals surface area contributed by atoms with Crippen molar-refractivity contribution in [3.63, 3.8) is 0 Å². The number of nitrogens with one attached hydrogen (secondary N) is 1. The van der Waals surface area contributed by atoms with Crippen molar-refractivity contribution in [3.05, 3.63) is 34.3 Å². The van der Waals surface area contributed by atoms with Crippen LogP contribution in [-0.2, 0) is 6.42 Å². The highest BCUT2D eigenvalue weighted by Gasteiger charge is 2.23. The number of benzene rings is 1. The van der Waals surface area contributed by atoms with Crippen molar-refractivity contribution < 1.29 is 0 Å². The minimum atomic E-state index is 0.791. The van der Waals surface area contributed by atoms with Gasteiger partial charge in [0.15, 0.2) is 0 Å². The van der Waals surface area contributed by atoms with Crippen LogP contribution in [0.1, 0.15) is 44.6 Å². The summed E-state index contributed by atoms with van der Waals surface area (Å²) in [4.78, 5) is 0. The van der Waals surface area contributed by atoms with Gasteiger partial charge in [0.2, 0.25) is 0 Å². The average molecular weight is 324 g/mol. The van der Waals surface area contributed by atoms with Crippen LogP contribution in [0, 0.1) is 11.8 Å².